The first-order valence-corrected chi connectivity index (χ1v) is 5.95. The molecule has 0 spiro atoms. The maximum Gasteiger partial charge on any atom is 0.165 e. The van der Waals surface area contributed by atoms with Gasteiger partial charge in [0.1, 0.15) is 6.61 Å². The number of ether oxygens (including phenoxy) is 1. The van der Waals surface area contributed by atoms with Gasteiger partial charge in [0, 0.05) is 6.04 Å². The molecule has 0 radical (unpaired) electrons. The quantitative estimate of drug-likeness (QED) is 0.792. The van der Waals surface area contributed by atoms with Crippen molar-refractivity contribution in [3.05, 3.63) is 29.6 Å². The lowest BCUT2D eigenvalue weighted by molar-refractivity contribution is 0.178. The number of benzene rings is 1. The number of nitrogens with one attached hydrogen (secondary N) is 1. The van der Waals surface area contributed by atoms with E-state index in [1.54, 1.807) is 12.1 Å². The molecular weight excluding hydrogens is 221 g/mol. The topological polar surface area (TPSA) is 41.5 Å². The third kappa shape index (κ3) is 3.68. The number of hydrogen-bond donors (Lipinski definition) is 2. The van der Waals surface area contributed by atoms with E-state index in [-0.39, 0.29) is 30.8 Å². The van der Waals surface area contributed by atoms with E-state index in [0.717, 1.165) is 18.4 Å². The van der Waals surface area contributed by atoms with Crippen LogP contribution in [-0.4, -0.2) is 30.4 Å². The van der Waals surface area contributed by atoms with E-state index in [9.17, 15) is 4.39 Å². The second-order valence-corrected chi connectivity index (χ2v) is 4.57. The lowest BCUT2D eigenvalue weighted by atomic mass is 10.2. The van der Waals surface area contributed by atoms with Crippen LogP contribution in [0.1, 0.15) is 18.4 Å². The van der Waals surface area contributed by atoms with E-state index >= 15 is 0 Å². The summed E-state index contributed by atoms with van der Waals surface area (Å²) in [5.41, 5.74) is 0.956. The number of aliphatic hydroxyl groups is 1. The SMILES string of the molecule is Cc1ccc(F)c(OCC(CO)NC2CC2)c1. The summed E-state index contributed by atoms with van der Waals surface area (Å²) in [5.74, 6) is -0.111. The zero-order valence-corrected chi connectivity index (χ0v) is 9.95. The van der Waals surface area contributed by atoms with Crippen molar-refractivity contribution in [2.45, 2.75) is 31.8 Å². The predicted octanol–water partition coefficient (Wildman–Crippen LogP) is 1.63. The third-order valence-corrected chi connectivity index (χ3v) is 2.80. The van der Waals surface area contributed by atoms with E-state index in [1.807, 2.05) is 6.92 Å². The van der Waals surface area contributed by atoms with E-state index in [1.165, 1.54) is 6.07 Å². The Kier molecular flexibility index (Phi) is 3.97. The van der Waals surface area contributed by atoms with Gasteiger partial charge < -0.3 is 15.2 Å². The van der Waals surface area contributed by atoms with Crippen molar-refractivity contribution in [3.63, 3.8) is 0 Å². The highest BCUT2D eigenvalue weighted by molar-refractivity contribution is 5.29. The molecule has 1 aliphatic carbocycles. The fourth-order valence-electron chi connectivity index (χ4n) is 1.65. The average molecular weight is 239 g/mol. The minimum absolute atomic E-state index is 0.00390. The number of aliphatic hydroxyl groups excluding tert-OH is 1. The third-order valence-electron chi connectivity index (χ3n) is 2.80. The summed E-state index contributed by atoms with van der Waals surface area (Å²) >= 11 is 0. The number of hydrogen-bond acceptors (Lipinski definition) is 3. The molecule has 0 aliphatic heterocycles. The van der Waals surface area contributed by atoms with Gasteiger partial charge in [0.05, 0.1) is 12.6 Å². The van der Waals surface area contributed by atoms with Gasteiger partial charge in [-0.1, -0.05) is 6.07 Å². The second-order valence-electron chi connectivity index (χ2n) is 4.57. The van der Waals surface area contributed by atoms with Crippen LogP contribution in [0.2, 0.25) is 0 Å². The molecule has 0 bridgehead atoms. The summed E-state index contributed by atoms with van der Waals surface area (Å²) in [6, 6.07) is 5.14. The Morgan fingerprint density at radius 3 is 2.94 bits per heavy atom. The Morgan fingerprint density at radius 2 is 2.29 bits per heavy atom. The molecule has 17 heavy (non-hydrogen) atoms. The van der Waals surface area contributed by atoms with E-state index in [4.69, 9.17) is 9.84 Å². The monoisotopic (exact) mass is 239 g/mol. The van der Waals surface area contributed by atoms with Crippen LogP contribution in [0.25, 0.3) is 0 Å². The first kappa shape index (κ1) is 12.3. The van der Waals surface area contributed by atoms with Crippen LogP contribution in [0.4, 0.5) is 4.39 Å². The zero-order chi connectivity index (χ0) is 12.3. The van der Waals surface area contributed by atoms with Crippen molar-refractivity contribution < 1.29 is 14.2 Å². The molecule has 94 valence electrons. The Morgan fingerprint density at radius 1 is 1.53 bits per heavy atom. The van der Waals surface area contributed by atoms with Gasteiger partial charge in [-0.15, -0.1) is 0 Å². The van der Waals surface area contributed by atoms with Crippen LogP contribution in [-0.2, 0) is 0 Å². The van der Waals surface area contributed by atoms with Gasteiger partial charge in [0.25, 0.3) is 0 Å². The molecule has 0 amide bonds. The van der Waals surface area contributed by atoms with Crippen LogP contribution in [0.5, 0.6) is 5.75 Å². The zero-order valence-electron chi connectivity index (χ0n) is 9.95. The Hall–Kier alpha value is -1.13. The summed E-state index contributed by atoms with van der Waals surface area (Å²) in [7, 11) is 0. The van der Waals surface area contributed by atoms with Gasteiger partial charge in [-0.3, -0.25) is 0 Å². The molecule has 1 atom stereocenters. The van der Waals surface area contributed by atoms with Crippen molar-refractivity contribution in [1.82, 2.24) is 5.32 Å². The Labute approximate surface area is 101 Å². The number of rotatable bonds is 6. The predicted molar refractivity (Wildman–Crippen MR) is 63.7 cm³/mol. The smallest absolute Gasteiger partial charge is 0.165 e. The van der Waals surface area contributed by atoms with Gasteiger partial charge in [-0.05, 0) is 37.5 Å². The highest BCUT2D eigenvalue weighted by Crippen LogP contribution is 2.21. The van der Waals surface area contributed by atoms with E-state index < -0.39 is 0 Å². The van der Waals surface area contributed by atoms with Crippen molar-refractivity contribution in [2.24, 2.45) is 0 Å². The fraction of sp³-hybridized carbons (Fsp3) is 0.538. The normalized spacial score (nSPS) is 16.9. The molecule has 0 heterocycles. The standard InChI is InChI=1S/C13H18FNO2/c1-9-2-5-12(14)13(6-9)17-8-11(7-16)15-10-3-4-10/h2,5-6,10-11,15-16H,3-4,7-8H2,1H3. The molecule has 3 nitrogen and oxygen atoms in total. The summed E-state index contributed by atoms with van der Waals surface area (Å²) < 4.78 is 18.8. The molecular formula is C13H18FNO2. The van der Waals surface area contributed by atoms with Crippen molar-refractivity contribution in [3.8, 4) is 5.75 Å². The molecule has 1 saturated carbocycles. The average Bonchev–Trinajstić information content (AvgIpc) is 3.12. The Bertz CT molecular complexity index is 380. The molecule has 1 aliphatic rings. The maximum absolute atomic E-state index is 13.4. The summed E-state index contributed by atoms with van der Waals surface area (Å²) in [5, 5.41) is 12.4. The van der Waals surface area contributed by atoms with Crippen LogP contribution in [0.3, 0.4) is 0 Å². The molecule has 1 aromatic carbocycles. The van der Waals surface area contributed by atoms with E-state index in [0.29, 0.717) is 6.04 Å². The van der Waals surface area contributed by atoms with E-state index in [2.05, 4.69) is 5.32 Å². The summed E-state index contributed by atoms with van der Waals surface area (Å²) in [6.07, 6.45) is 2.30. The first-order valence-electron chi connectivity index (χ1n) is 5.95. The number of aryl methyl sites for hydroxylation is 1. The lowest BCUT2D eigenvalue weighted by Gasteiger charge is -2.17. The lowest BCUT2D eigenvalue weighted by Crippen LogP contribution is -2.39. The number of halogens is 1. The highest BCUT2D eigenvalue weighted by atomic mass is 19.1. The first-order chi connectivity index (χ1) is 8.19. The minimum Gasteiger partial charge on any atom is -0.489 e. The maximum atomic E-state index is 13.4. The fourth-order valence-corrected chi connectivity index (χ4v) is 1.65. The molecule has 1 fully saturated rings. The van der Waals surface area contributed by atoms with Crippen LogP contribution >= 0.6 is 0 Å². The van der Waals surface area contributed by atoms with Gasteiger partial charge in [0.15, 0.2) is 11.6 Å². The highest BCUT2D eigenvalue weighted by Gasteiger charge is 2.24. The van der Waals surface area contributed by atoms with Gasteiger partial charge in [-0.2, -0.15) is 0 Å². The molecule has 2 rings (SSSR count). The van der Waals surface area contributed by atoms with Gasteiger partial charge >= 0.3 is 0 Å². The molecule has 0 aromatic heterocycles. The van der Waals surface area contributed by atoms with Crippen molar-refractivity contribution in [2.75, 3.05) is 13.2 Å². The summed E-state index contributed by atoms with van der Waals surface area (Å²) in [4.78, 5) is 0. The minimum atomic E-state index is -0.362. The Balaban J connectivity index is 1.88. The largest absolute Gasteiger partial charge is 0.489 e. The molecule has 1 aromatic rings. The van der Waals surface area contributed by atoms with Crippen molar-refractivity contribution in [1.29, 1.82) is 0 Å². The molecule has 2 N–H and O–H groups in total. The summed E-state index contributed by atoms with van der Waals surface area (Å²) in [6.45, 7) is 2.18. The molecule has 4 heteroatoms. The van der Waals surface area contributed by atoms with Crippen molar-refractivity contribution >= 4 is 0 Å². The van der Waals surface area contributed by atoms with Crippen LogP contribution in [0.15, 0.2) is 18.2 Å². The van der Waals surface area contributed by atoms with Crippen LogP contribution in [0, 0.1) is 12.7 Å². The van der Waals surface area contributed by atoms with Gasteiger partial charge in [-0.25, -0.2) is 4.39 Å². The van der Waals surface area contributed by atoms with Gasteiger partial charge in [0.2, 0.25) is 0 Å². The molecule has 0 saturated heterocycles. The van der Waals surface area contributed by atoms with Crippen LogP contribution < -0.4 is 10.1 Å². The molecule has 1 unspecified atom stereocenters. The second kappa shape index (κ2) is 5.47.